The maximum Gasteiger partial charge on any atom is 0.357 e. The number of benzene rings is 1. The molecule has 0 aliphatic heterocycles. The van der Waals surface area contributed by atoms with E-state index in [0.717, 1.165) is 15.7 Å². The van der Waals surface area contributed by atoms with Gasteiger partial charge in [-0.2, -0.15) is 0 Å². The number of rotatable bonds is 5. The zero-order valence-corrected chi connectivity index (χ0v) is 14.8. The van der Waals surface area contributed by atoms with E-state index < -0.39 is 5.97 Å². The first-order valence-electron chi connectivity index (χ1n) is 6.33. The summed E-state index contributed by atoms with van der Waals surface area (Å²) in [5, 5.41) is 2.61. The molecule has 0 fully saturated rings. The molecule has 2 aromatic rings. The summed E-state index contributed by atoms with van der Waals surface area (Å²) in [7, 11) is 4.55. The van der Waals surface area contributed by atoms with Crippen LogP contribution >= 0.6 is 27.3 Å². The summed E-state index contributed by atoms with van der Waals surface area (Å²) in [4.78, 5) is 18.0. The molecular formula is C15H15BrN2O3S. The fraction of sp³-hybridized carbons (Fsp3) is 0.200. The molecule has 0 spiro atoms. The van der Waals surface area contributed by atoms with Gasteiger partial charge in [0.25, 0.3) is 0 Å². The van der Waals surface area contributed by atoms with Gasteiger partial charge in [-0.3, -0.25) is 0 Å². The largest absolute Gasteiger partial charge is 0.502 e. The van der Waals surface area contributed by atoms with Crippen LogP contribution in [0.2, 0.25) is 0 Å². The molecule has 0 bridgehead atoms. The molecule has 0 aliphatic rings. The molecule has 22 heavy (non-hydrogen) atoms. The molecule has 0 saturated heterocycles. The van der Waals surface area contributed by atoms with Crippen LogP contribution in [0.25, 0.3) is 11.3 Å². The SMILES string of the molecule is COC=C(C(=O)OC)N(C)c1nc(-c2ccc(Br)cc2)cs1. The molecular weight excluding hydrogens is 368 g/mol. The number of ether oxygens (including phenoxy) is 2. The van der Waals surface area contributed by atoms with Gasteiger partial charge in [-0.15, -0.1) is 11.3 Å². The van der Waals surface area contributed by atoms with Gasteiger partial charge >= 0.3 is 5.97 Å². The Hall–Kier alpha value is -1.86. The van der Waals surface area contributed by atoms with Gasteiger partial charge in [-0.05, 0) is 12.1 Å². The van der Waals surface area contributed by atoms with E-state index in [2.05, 4.69) is 20.9 Å². The van der Waals surface area contributed by atoms with Gasteiger partial charge in [0.2, 0.25) is 0 Å². The van der Waals surface area contributed by atoms with E-state index >= 15 is 0 Å². The van der Waals surface area contributed by atoms with Crippen molar-refractivity contribution in [1.29, 1.82) is 0 Å². The molecule has 0 atom stereocenters. The van der Waals surface area contributed by atoms with Crippen molar-refractivity contribution in [3.8, 4) is 11.3 Å². The van der Waals surface area contributed by atoms with E-state index in [4.69, 9.17) is 9.47 Å². The number of anilines is 1. The number of hydrogen-bond acceptors (Lipinski definition) is 6. The highest BCUT2D eigenvalue weighted by atomic mass is 79.9. The van der Waals surface area contributed by atoms with Crippen molar-refractivity contribution >= 4 is 38.4 Å². The minimum atomic E-state index is -0.482. The van der Waals surface area contributed by atoms with Crippen LogP contribution < -0.4 is 4.90 Å². The Morgan fingerprint density at radius 2 is 2.00 bits per heavy atom. The Bertz CT molecular complexity index is 682. The predicted molar refractivity (Wildman–Crippen MR) is 90.8 cm³/mol. The number of thiazole rings is 1. The lowest BCUT2D eigenvalue weighted by molar-refractivity contribution is -0.136. The van der Waals surface area contributed by atoms with E-state index in [1.54, 1.807) is 11.9 Å². The third-order valence-corrected chi connectivity index (χ3v) is 4.35. The third-order valence-electron chi connectivity index (χ3n) is 2.90. The molecule has 1 heterocycles. The van der Waals surface area contributed by atoms with Crippen molar-refractivity contribution in [3.05, 3.63) is 46.1 Å². The second-order valence-electron chi connectivity index (χ2n) is 4.31. The van der Waals surface area contributed by atoms with Crippen molar-refractivity contribution in [2.24, 2.45) is 0 Å². The minimum Gasteiger partial charge on any atom is -0.502 e. The first-order valence-corrected chi connectivity index (χ1v) is 8.00. The van der Waals surface area contributed by atoms with Gasteiger partial charge in [0.15, 0.2) is 10.8 Å². The molecule has 1 aromatic heterocycles. The molecule has 1 aromatic carbocycles. The van der Waals surface area contributed by atoms with E-state index in [1.807, 2.05) is 29.6 Å². The van der Waals surface area contributed by atoms with Crippen LogP contribution in [-0.4, -0.2) is 32.2 Å². The third kappa shape index (κ3) is 3.66. The maximum absolute atomic E-state index is 11.8. The van der Waals surface area contributed by atoms with Crippen LogP contribution in [0.4, 0.5) is 5.13 Å². The summed E-state index contributed by atoms with van der Waals surface area (Å²) in [5.74, 6) is -0.482. The second-order valence-corrected chi connectivity index (χ2v) is 6.06. The number of carbonyl (C=O) groups is 1. The van der Waals surface area contributed by atoms with Crippen LogP contribution in [0, 0.1) is 0 Å². The minimum absolute atomic E-state index is 0.279. The first-order chi connectivity index (χ1) is 10.6. The van der Waals surface area contributed by atoms with Crippen LogP contribution in [0.3, 0.4) is 0 Å². The van der Waals surface area contributed by atoms with E-state index in [1.165, 1.54) is 31.8 Å². The fourth-order valence-corrected chi connectivity index (χ4v) is 2.83. The van der Waals surface area contributed by atoms with Gasteiger partial charge < -0.3 is 14.4 Å². The van der Waals surface area contributed by atoms with E-state index in [9.17, 15) is 4.79 Å². The normalized spacial score (nSPS) is 11.2. The molecule has 2 rings (SSSR count). The number of likely N-dealkylation sites (N-methyl/N-ethyl adjacent to an activating group) is 1. The standard InChI is InChI=1S/C15H15BrN2O3S/c1-18(13(8-20-2)14(19)21-3)15-17-12(9-22-15)10-4-6-11(16)7-5-10/h4-9H,1-3H3. The fourth-order valence-electron chi connectivity index (χ4n) is 1.75. The molecule has 0 N–H and O–H groups in total. The highest BCUT2D eigenvalue weighted by Crippen LogP contribution is 2.29. The molecule has 0 aliphatic carbocycles. The summed E-state index contributed by atoms with van der Waals surface area (Å²) in [6.07, 6.45) is 1.34. The summed E-state index contributed by atoms with van der Waals surface area (Å²) in [6.45, 7) is 0. The molecule has 116 valence electrons. The van der Waals surface area contributed by atoms with Crippen LogP contribution in [0.1, 0.15) is 0 Å². The number of halogens is 1. The Labute approximate surface area is 141 Å². The van der Waals surface area contributed by atoms with Crippen molar-refractivity contribution in [2.75, 3.05) is 26.2 Å². The Morgan fingerprint density at radius 1 is 1.32 bits per heavy atom. The van der Waals surface area contributed by atoms with Gasteiger partial charge in [-0.1, -0.05) is 28.1 Å². The number of methoxy groups -OCH3 is 2. The maximum atomic E-state index is 11.8. The monoisotopic (exact) mass is 382 g/mol. The van der Waals surface area contributed by atoms with Crippen LogP contribution in [-0.2, 0) is 14.3 Å². The van der Waals surface area contributed by atoms with E-state index in [0.29, 0.717) is 5.13 Å². The van der Waals surface area contributed by atoms with Gasteiger partial charge in [-0.25, -0.2) is 9.78 Å². The van der Waals surface area contributed by atoms with E-state index in [-0.39, 0.29) is 5.70 Å². The molecule has 5 nitrogen and oxygen atoms in total. The summed E-state index contributed by atoms with van der Waals surface area (Å²) in [5.41, 5.74) is 2.14. The Kier molecular flexibility index (Phi) is 5.57. The quantitative estimate of drug-likeness (QED) is 0.448. The topological polar surface area (TPSA) is 51.7 Å². The zero-order valence-electron chi connectivity index (χ0n) is 12.4. The predicted octanol–water partition coefficient (Wildman–Crippen LogP) is 3.67. The molecule has 0 unspecified atom stereocenters. The molecule has 7 heteroatoms. The van der Waals surface area contributed by atoms with Crippen LogP contribution in [0.15, 0.2) is 46.1 Å². The van der Waals surface area contributed by atoms with Crippen LogP contribution in [0.5, 0.6) is 0 Å². The first kappa shape index (κ1) is 16.5. The zero-order chi connectivity index (χ0) is 16.1. The number of hydrogen-bond donors (Lipinski definition) is 0. The average molecular weight is 383 g/mol. The lowest BCUT2D eigenvalue weighted by Gasteiger charge is -2.17. The number of esters is 1. The molecule has 0 amide bonds. The number of nitrogens with zero attached hydrogens (tertiary/aromatic N) is 2. The number of aromatic nitrogens is 1. The highest BCUT2D eigenvalue weighted by molar-refractivity contribution is 9.10. The van der Waals surface area contributed by atoms with Gasteiger partial charge in [0.1, 0.15) is 6.26 Å². The van der Waals surface area contributed by atoms with Crippen molar-refractivity contribution in [1.82, 2.24) is 4.98 Å². The van der Waals surface area contributed by atoms with Crippen molar-refractivity contribution in [3.63, 3.8) is 0 Å². The molecule has 0 radical (unpaired) electrons. The summed E-state index contributed by atoms with van der Waals surface area (Å²) in [6, 6.07) is 7.88. The van der Waals surface area contributed by atoms with Gasteiger partial charge in [0.05, 0.1) is 19.9 Å². The summed E-state index contributed by atoms with van der Waals surface area (Å²) < 4.78 is 10.7. The lowest BCUT2D eigenvalue weighted by atomic mass is 10.2. The average Bonchev–Trinajstić information content (AvgIpc) is 3.02. The summed E-state index contributed by atoms with van der Waals surface area (Å²) >= 11 is 4.85. The lowest BCUT2D eigenvalue weighted by Crippen LogP contribution is -2.24. The number of carbonyl (C=O) groups excluding carboxylic acids is 1. The highest BCUT2D eigenvalue weighted by Gasteiger charge is 2.19. The molecule has 0 saturated carbocycles. The smallest absolute Gasteiger partial charge is 0.357 e. The van der Waals surface area contributed by atoms with Gasteiger partial charge in [0, 0.05) is 22.5 Å². The van der Waals surface area contributed by atoms with Crippen molar-refractivity contribution < 1.29 is 14.3 Å². The Balaban J connectivity index is 2.28. The van der Waals surface area contributed by atoms with Crippen molar-refractivity contribution in [2.45, 2.75) is 0 Å². The Morgan fingerprint density at radius 3 is 2.59 bits per heavy atom. The second kappa shape index (κ2) is 7.42.